The Morgan fingerprint density at radius 1 is 1.06 bits per heavy atom. The maximum Gasteiger partial charge on any atom is 0.315 e. The number of carbonyl (C=O) groups is 2. The third-order valence-electron chi connectivity index (χ3n) is 15.8. The van der Waals surface area contributed by atoms with Crippen molar-refractivity contribution in [3.8, 4) is 0 Å². The third kappa shape index (κ3) is 5.06. The van der Waals surface area contributed by atoms with E-state index in [2.05, 4.69) is 43.6 Å². The van der Waals surface area contributed by atoms with E-state index in [1.807, 2.05) is 0 Å². The van der Waals surface area contributed by atoms with E-state index < -0.39 is 28.0 Å². The van der Waals surface area contributed by atoms with E-state index >= 15 is 0 Å². The average molecular weight is 681 g/mol. The second-order valence-electron chi connectivity index (χ2n) is 18.3. The van der Waals surface area contributed by atoms with Crippen LogP contribution in [0.1, 0.15) is 111 Å². The average Bonchev–Trinajstić information content (AvgIpc) is 3.88. The molecule has 8 nitrogen and oxygen atoms in total. The molecule has 7 fully saturated rings. The van der Waals surface area contributed by atoms with Gasteiger partial charge in [-0.3, -0.25) is 4.79 Å². The maximum atomic E-state index is 14.1. The van der Waals surface area contributed by atoms with Gasteiger partial charge in [0.15, 0.2) is 5.79 Å². The van der Waals surface area contributed by atoms with Gasteiger partial charge in [0.05, 0.1) is 30.3 Å². The Morgan fingerprint density at radius 3 is 2.51 bits per heavy atom. The largest absolute Gasteiger partial charge is 0.481 e. The van der Waals surface area contributed by atoms with Gasteiger partial charge < -0.3 is 33.9 Å². The summed E-state index contributed by atoms with van der Waals surface area (Å²) in [6.45, 7) is 15.7. The van der Waals surface area contributed by atoms with E-state index in [1.165, 1.54) is 32.4 Å². The summed E-state index contributed by atoms with van der Waals surface area (Å²) in [4.78, 5) is 32.9. The van der Waals surface area contributed by atoms with Gasteiger partial charge in [0, 0.05) is 44.4 Å². The van der Waals surface area contributed by atoms with Crippen molar-refractivity contribution >= 4 is 12.3 Å². The van der Waals surface area contributed by atoms with Gasteiger partial charge in [0.25, 0.3) is 0 Å². The first-order valence-electron chi connectivity index (χ1n) is 20.5. The predicted octanol–water partition coefficient (Wildman–Crippen LogP) is 6.57. The highest BCUT2D eigenvalue weighted by atomic mass is 16.7. The van der Waals surface area contributed by atoms with Crippen LogP contribution in [0.15, 0.2) is 11.6 Å². The summed E-state index contributed by atoms with van der Waals surface area (Å²) in [7, 11) is 0. The summed E-state index contributed by atoms with van der Waals surface area (Å²) in [5.41, 5.74) is -1.53. The number of carboxylic acids is 1. The monoisotopic (exact) mass is 680 g/mol. The number of ether oxygens (including phenoxy) is 3. The Kier molecular flexibility index (Phi) is 9.19. The minimum Gasteiger partial charge on any atom is -0.481 e. The summed E-state index contributed by atoms with van der Waals surface area (Å²) in [6, 6.07) is 0. The summed E-state index contributed by atoms with van der Waals surface area (Å²) < 4.78 is 20.5. The van der Waals surface area contributed by atoms with E-state index in [0.29, 0.717) is 30.8 Å². The fourth-order valence-corrected chi connectivity index (χ4v) is 13.7. The summed E-state index contributed by atoms with van der Waals surface area (Å²) in [6.07, 6.45) is 17.3. The Bertz CT molecular complexity index is 1290. The summed E-state index contributed by atoms with van der Waals surface area (Å²) in [5.74, 6) is 0.441. The number of fused-ring (bicyclic) bond motifs is 2. The van der Waals surface area contributed by atoms with E-state index in [9.17, 15) is 14.7 Å². The third-order valence-corrected chi connectivity index (χ3v) is 15.8. The number of piperidine rings is 2. The van der Waals surface area contributed by atoms with E-state index in [0.717, 1.165) is 95.8 Å². The van der Waals surface area contributed by atoms with Gasteiger partial charge in [-0.1, -0.05) is 65.0 Å². The quantitative estimate of drug-likeness (QED) is 0.194. The zero-order chi connectivity index (χ0) is 34.2. The molecular formula is C41H64N2O6. The lowest BCUT2D eigenvalue weighted by Gasteiger charge is -2.60. The van der Waals surface area contributed by atoms with Crippen LogP contribution in [-0.4, -0.2) is 97.1 Å². The molecule has 0 aromatic heterocycles. The lowest BCUT2D eigenvalue weighted by molar-refractivity contribution is -0.202. The van der Waals surface area contributed by atoms with Crippen molar-refractivity contribution in [2.24, 2.45) is 51.8 Å². The minimum absolute atomic E-state index is 0.0786. The van der Waals surface area contributed by atoms with E-state index in [1.54, 1.807) is 0 Å². The molecule has 1 N–H and O–H groups in total. The van der Waals surface area contributed by atoms with Gasteiger partial charge in [0.1, 0.15) is 11.7 Å². The van der Waals surface area contributed by atoms with Crippen molar-refractivity contribution in [2.45, 2.75) is 135 Å². The first-order chi connectivity index (χ1) is 23.6. The minimum atomic E-state index is -1.17. The lowest BCUT2D eigenvalue weighted by atomic mass is 9.41. The SMILES string of the molecule is CCCCC1CC(C23C[C@@H]4[C@H](C)CC[C@H]4C4(C=O)CC2C=C(C(C)C)C34C(=O)O)OC1CN1CCC2(CC1)OCC(CN1CCCCC1)O2. The molecule has 4 heterocycles. The highest BCUT2D eigenvalue weighted by Gasteiger charge is 2.86. The van der Waals surface area contributed by atoms with Crippen LogP contribution in [0.2, 0.25) is 0 Å². The predicted molar refractivity (Wildman–Crippen MR) is 188 cm³/mol. The molecule has 49 heavy (non-hydrogen) atoms. The Labute approximate surface area is 295 Å². The molecule has 8 aliphatic rings. The summed E-state index contributed by atoms with van der Waals surface area (Å²) in [5, 5.41) is 11.6. The van der Waals surface area contributed by atoms with Crippen molar-refractivity contribution in [3.05, 3.63) is 11.6 Å². The van der Waals surface area contributed by atoms with Crippen LogP contribution in [0.3, 0.4) is 0 Å². The smallest absolute Gasteiger partial charge is 0.315 e. The number of allylic oxidation sites excluding steroid dienone is 1. The lowest BCUT2D eigenvalue weighted by Crippen LogP contribution is -2.65. The fourth-order valence-electron chi connectivity index (χ4n) is 13.7. The standard InChI is InChI=1S/C41H64N2O6/c1-5-6-10-29-19-36(48-35(29)24-43-17-13-39(14-18-43)47-25-31(49-39)23-42-15-8-7-9-16-42)40-22-32-28(4)11-12-33(32)38(26-44)21-30(40)20-34(27(2)3)41(38,40)37(45)46/h20,26-33,35-36H,5-19,21-25H2,1-4H3,(H,45,46)/t28-,29?,30?,31?,32-,33-,35?,36?,38?,40?,41?/m1/s1. The highest BCUT2D eigenvalue weighted by molar-refractivity contribution is 5.90. The number of likely N-dealkylation sites (tertiary alicyclic amines) is 2. The van der Waals surface area contributed by atoms with Crippen LogP contribution >= 0.6 is 0 Å². The van der Waals surface area contributed by atoms with E-state index in [4.69, 9.17) is 14.2 Å². The molecule has 274 valence electrons. The Balaban J connectivity index is 1.02. The Morgan fingerprint density at radius 2 is 1.82 bits per heavy atom. The second-order valence-corrected chi connectivity index (χ2v) is 18.3. The van der Waals surface area contributed by atoms with Crippen molar-refractivity contribution in [1.82, 2.24) is 9.80 Å². The zero-order valence-corrected chi connectivity index (χ0v) is 30.9. The number of aldehydes is 1. The van der Waals surface area contributed by atoms with Crippen LogP contribution < -0.4 is 0 Å². The van der Waals surface area contributed by atoms with Gasteiger partial charge >= 0.3 is 5.97 Å². The molecule has 1 spiro atoms. The van der Waals surface area contributed by atoms with Crippen LogP contribution in [0, 0.1) is 51.8 Å². The van der Waals surface area contributed by atoms with Crippen molar-refractivity contribution in [1.29, 1.82) is 0 Å². The zero-order valence-electron chi connectivity index (χ0n) is 30.9. The van der Waals surface area contributed by atoms with Crippen LogP contribution in [0.5, 0.6) is 0 Å². The van der Waals surface area contributed by atoms with Crippen molar-refractivity contribution in [3.63, 3.8) is 0 Å². The number of unbranched alkanes of at least 4 members (excludes halogenated alkanes) is 1. The number of carbonyl (C=O) groups excluding carboxylic acids is 1. The van der Waals surface area contributed by atoms with Gasteiger partial charge in [-0.05, 0) is 93.5 Å². The van der Waals surface area contributed by atoms with Crippen LogP contribution in [-0.2, 0) is 23.8 Å². The normalized spacial score (nSPS) is 46.1. The number of carboxylic acid groups (broad SMARTS) is 1. The van der Waals surface area contributed by atoms with Crippen LogP contribution in [0.25, 0.3) is 0 Å². The number of hydrogen-bond acceptors (Lipinski definition) is 7. The highest BCUT2D eigenvalue weighted by Crippen LogP contribution is 2.84. The molecule has 4 aliphatic carbocycles. The molecule has 8 heteroatoms. The molecule has 8 unspecified atom stereocenters. The van der Waals surface area contributed by atoms with Gasteiger partial charge in [-0.15, -0.1) is 0 Å². The first kappa shape index (κ1) is 34.7. The number of nitrogens with zero attached hydrogens (tertiary/aromatic N) is 2. The molecule has 0 amide bonds. The molecular weight excluding hydrogens is 616 g/mol. The van der Waals surface area contributed by atoms with Gasteiger partial charge in [-0.25, -0.2) is 0 Å². The molecule has 4 bridgehead atoms. The maximum absolute atomic E-state index is 14.1. The van der Waals surface area contributed by atoms with Gasteiger partial charge in [0.2, 0.25) is 0 Å². The topological polar surface area (TPSA) is 88.5 Å². The van der Waals surface area contributed by atoms with Crippen molar-refractivity contribution in [2.75, 3.05) is 45.9 Å². The number of aliphatic carboxylic acids is 1. The molecule has 4 aliphatic heterocycles. The molecule has 0 radical (unpaired) electrons. The van der Waals surface area contributed by atoms with Crippen LogP contribution in [0.4, 0.5) is 0 Å². The molecule has 11 atom stereocenters. The second kappa shape index (κ2) is 13.0. The fraction of sp³-hybridized carbons (Fsp3) is 0.902. The molecule has 0 aromatic carbocycles. The van der Waals surface area contributed by atoms with Gasteiger partial charge in [-0.2, -0.15) is 0 Å². The number of hydrogen-bond donors (Lipinski definition) is 1. The van der Waals surface area contributed by atoms with Crippen molar-refractivity contribution < 1.29 is 28.9 Å². The molecule has 3 saturated carbocycles. The van der Waals surface area contributed by atoms with E-state index in [-0.39, 0.29) is 36.1 Å². The molecule has 8 rings (SSSR count). The Hall–Kier alpha value is -1.32. The molecule has 4 saturated heterocycles. The summed E-state index contributed by atoms with van der Waals surface area (Å²) >= 11 is 0. The first-order valence-corrected chi connectivity index (χ1v) is 20.5. The molecule has 0 aromatic rings. The number of rotatable bonds is 11.